The first-order valence-electron chi connectivity index (χ1n) is 5.62. The lowest BCUT2D eigenvalue weighted by Crippen LogP contribution is -2.44. The summed E-state index contributed by atoms with van der Waals surface area (Å²) >= 11 is 0. The number of carbonyl (C=O) groups is 2. The van der Waals surface area contributed by atoms with Gasteiger partial charge in [0.15, 0.2) is 0 Å². The molecule has 0 aliphatic rings. The van der Waals surface area contributed by atoms with Crippen LogP contribution in [0.25, 0.3) is 0 Å². The molecule has 0 unspecified atom stereocenters. The van der Waals surface area contributed by atoms with E-state index in [0.717, 1.165) is 0 Å². The summed E-state index contributed by atoms with van der Waals surface area (Å²) in [6.45, 7) is 3.87. The molecule has 4 N–H and O–H groups in total. The normalized spacial score (nSPS) is 11.1. The number of amides is 2. The molecular weight excluding hydrogens is 234 g/mol. The summed E-state index contributed by atoms with van der Waals surface area (Å²) in [5.74, 6) is -0.332. The Morgan fingerprint density at radius 3 is 2.67 bits per heavy atom. The Bertz CT molecular complexity index is 438. The Kier molecular flexibility index (Phi) is 4.30. The number of nitrogens with one attached hydrogen (secondary N) is 2. The van der Waals surface area contributed by atoms with Crippen molar-refractivity contribution >= 4 is 17.5 Å². The molecule has 0 radical (unpaired) electrons. The fourth-order valence-electron chi connectivity index (χ4n) is 1.41. The van der Waals surface area contributed by atoms with Gasteiger partial charge in [0.25, 0.3) is 0 Å². The largest absolute Gasteiger partial charge is 0.396 e. The van der Waals surface area contributed by atoms with Gasteiger partial charge in [-0.05, 0) is 13.8 Å². The molecule has 0 saturated heterocycles. The number of carbonyl (C=O) groups excluding carboxylic acids is 2. The number of rotatable bonds is 5. The lowest BCUT2D eigenvalue weighted by Gasteiger charge is -2.22. The van der Waals surface area contributed by atoms with Crippen LogP contribution in [0.1, 0.15) is 13.8 Å². The number of anilines is 1. The highest BCUT2D eigenvalue weighted by molar-refractivity contribution is 5.83. The van der Waals surface area contributed by atoms with E-state index in [9.17, 15) is 9.59 Å². The average molecular weight is 253 g/mol. The number of aromatic nitrogens is 2. The SMILES string of the molecule is CNC(=O)C(C)(C)CNC(=O)Cn1cc(N)cn1. The van der Waals surface area contributed by atoms with Crippen molar-refractivity contribution in [2.24, 2.45) is 5.41 Å². The molecular formula is C11H19N5O2. The molecule has 2 amide bonds. The van der Waals surface area contributed by atoms with Crippen molar-refractivity contribution in [2.45, 2.75) is 20.4 Å². The first kappa shape index (κ1) is 14.0. The summed E-state index contributed by atoms with van der Waals surface area (Å²) < 4.78 is 1.44. The molecule has 0 bridgehead atoms. The van der Waals surface area contributed by atoms with Crippen molar-refractivity contribution in [1.82, 2.24) is 20.4 Å². The Morgan fingerprint density at radius 2 is 2.17 bits per heavy atom. The molecule has 0 aliphatic heterocycles. The van der Waals surface area contributed by atoms with E-state index < -0.39 is 5.41 Å². The van der Waals surface area contributed by atoms with Gasteiger partial charge >= 0.3 is 0 Å². The van der Waals surface area contributed by atoms with Crippen molar-refractivity contribution in [1.29, 1.82) is 0 Å². The second kappa shape index (κ2) is 5.52. The quantitative estimate of drug-likeness (QED) is 0.649. The molecule has 18 heavy (non-hydrogen) atoms. The predicted molar refractivity (Wildman–Crippen MR) is 67.5 cm³/mol. The maximum absolute atomic E-state index is 11.6. The number of hydrogen-bond donors (Lipinski definition) is 3. The van der Waals surface area contributed by atoms with E-state index >= 15 is 0 Å². The third-order valence-corrected chi connectivity index (χ3v) is 2.53. The summed E-state index contributed by atoms with van der Waals surface area (Å²) in [6, 6.07) is 0. The highest BCUT2D eigenvalue weighted by Crippen LogP contribution is 2.12. The van der Waals surface area contributed by atoms with Crippen LogP contribution >= 0.6 is 0 Å². The maximum atomic E-state index is 11.6. The minimum absolute atomic E-state index is 0.0843. The third kappa shape index (κ3) is 3.76. The molecule has 100 valence electrons. The van der Waals surface area contributed by atoms with Crippen LogP contribution in [-0.4, -0.2) is 35.2 Å². The van der Waals surface area contributed by atoms with Gasteiger partial charge in [0.2, 0.25) is 11.8 Å². The molecule has 0 aliphatic carbocycles. The zero-order valence-corrected chi connectivity index (χ0v) is 10.9. The van der Waals surface area contributed by atoms with Gasteiger partial charge in [-0.3, -0.25) is 14.3 Å². The standard InChI is InChI=1S/C11H19N5O2/c1-11(2,10(18)13-3)7-14-9(17)6-16-5-8(12)4-15-16/h4-5H,6-7,12H2,1-3H3,(H,13,18)(H,14,17). The van der Waals surface area contributed by atoms with Gasteiger partial charge in [0, 0.05) is 19.8 Å². The highest BCUT2D eigenvalue weighted by atomic mass is 16.2. The zero-order chi connectivity index (χ0) is 13.8. The van der Waals surface area contributed by atoms with Crippen LogP contribution in [0.2, 0.25) is 0 Å². The van der Waals surface area contributed by atoms with E-state index in [2.05, 4.69) is 15.7 Å². The monoisotopic (exact) mass is 253 g/mol. The first-order valence-corrected chi connectivity index (χ1v) is 5.62. The molecule has 1 aromatic rings. The molecule has 1 aromatic heterocycles. The number of nitrogens with two attached hydrogens (primary N) is 1. The Labute approximate surface area is 106 Å². The summed E-state index contributed by atoms with van der Waals surface area (Å²) in [6.07, 6.45) is 3.05. The summed E-state index contributed by atoms with van der Waals surface area (Å²) in [4.78, 5) is 23.1. The lowest BCUT2D eigenvalue weighted by atomic mass is 9.92. The minimum atomic E-state index is -0.645. The molecule has 7 nitrogen and oxygen atoms in total. The van der Waals surface area contributed by atoms with Crippen molar-refractivity contribution in [3.05, 3.63) is 12.4 Å². The van der Waals surface area contributed by atoms with E-state index in [1.54, 1.807) is 27.1 Å². The lowest BCUT2D eigenvalue weighted by molar-refractivity contribution is -0.129. The van der Waals surface area contributed by atoms with Gasteiger partial charge in [-0.2, -0.15) is 5.10 Å². The highest BCUT2D eigenvalue weighted by Gasteiger charge is 2.26. The van der Waals surface area contributed by atoms with E-state index in [4.69, 9.17) is 5.73 Å². The third-order valence-electron chi connectivity index (χ3n) is 2.53. The van der Waals surface area contributed by atoms with Crippen LogP contribution in [0.3, 0.4) is 0 Å². The number of nitrogen functional groups attached to an aromatic ring is 1. The molecule has 1 heterocycles. The van der Waals surface area contributed by atoms with Crippen molar-refractivity contribution in [3.8, 4) is 0 Å². The second-order valence-corrected chi connectivity index (χ2v) is 4.71. The molecule has 0 spiro atoms. The van der Waals surface area contributed by atoms with Gasteiger partial charge < -0.3 is 16.4 Å². The maximum Gasteiger partial charge on any atom is 0.241 e. The van der Waals surface area contributed by atoms with Crippen molar-refractivity contribution < 1.29 is 9.59 Å². The van der Waals surface area contributed by atoms with Gasteiger partial charge in [0.05, 0.1) is 17.3 Å². The predicted octanol–water partition coefficient (Wildman–Crippen LogP) is -0.646. The van der Waals surface area contributed by atoms with E-state index in [1.807, 2.05) is 0 Å². The van der Waals surface area contributed by atoms with Crippen LogP contribution in [0.5, 0.6) is 0 Å². The fraction of sp³-hybridized carbons (Fsp3) is 0.545. The smallest absolute Gasteiger partial charge is 0.241 e. The molecule has 1 rings (SSSR count). The minimum Gasteiger partial charge on any atom is -0.396 e. The fourth-order valence-corrected chi connectivity index (χ4v) is 1.41. The van der Waals surface area contributed by atoms with Gasteiger partial charge in [-0.1, -0.05) is 0 Å². The molecule has 0 saturated carbocycles. The van der Waals surface area contributed by atoms with Gasteiger partial charge in [-0.25, -0.2) is 0 Å². The van der Waals surface area contributed by atoms with Crippen LogP contribution < -0.4 is 16.4 Å². The van der Waals surface area contributed by atoms with Gasteiger partial charge in [-0.15, -0.1) is 0 Å². The van der Waals surface area contributed by atoms with Crippen LogP contribution in [0.4, 0.5) is 5.69 Å². The van der Waals surface area contributed by atoms with E-state index in [-0.39, 0.29) is 24.9 Å². The van der Waals surface area contributed by atoms with Gasteiger partial charge in [0.1, 0.15) is 6.54 Å². The topological polar surface area (TPSA) is 102 Å². The second-order valence-electron chi connectivity index (χ2n) is 4.71. The Morgan fingerprint density at radius 1 is 1.50 bits per heavy atom. The molecule has 0 aromatic carbocycles. The molecule has 0 fully saturated rings. The van der Waals surface area contributed by atoms with Crippen LogP contribution in [0.15, 0.2) is 12.4 Å². The molecule has 7 heteroatoms. The summed E-state index contributed by atoms with van der Waals surface area (Å²) in [5, 5.41) is 9.16. The molecule has 0 atom stereocenters. The van der Waals surface area contributed by atoms with Crippen LogP contribution in [-0.2, 0) is 16.1 Å². The van der Waals surface area contributed by atoms with E-state index in [1.165, 1.54) is 10.9 Å². The summed E-state index contributed by atoms with van der Waals surface area (Å²) in [7, 11) is 1.57. The van der Waals surface area contributed by atoms with Crippen molar-refractivity contribution in [2.75, 3.05) is 19.3 Å². The van der Waals surface area contributed by atoms with E-state index in [0.29, 0.717) is 5.69 Å². The van der Waals surface area contributed by atoms with Crippen molar-refractivity contribution in [3.63, 3.8) is 0 Å². The summed E-state index contributed by atoms with van der Waals surface area (Å²) in [5.41, 5.74) is 5.35. The first-order chi connectivity index (χ1) is 8.35. The Hall–Kier alpha value is -2.05. The average Bonchev–Trinajstić information content (AvgIpc) is 2.71. The van der Waals surface area contributed by atoms with Crippen LogP contribution in [0, 0.1) is 5.41 Å². The Balaban J connectivity index is 2.44. The number of hydrogen-bond acceptors (Lipinski definition) is 4. The number of nitrogens with zero attached hydrogens (tertiary/aromatic N) is 2. The zero-order valence-electron chi connectivity index (χ0n) is 10.9.